The van der Waals surface area contributed by atoms with Crippen molar-refractivity contribution in [1.82, 2.24) is 5.43 Å². The summed E-state index contributed by atoms with van der Waals surface area (Å²) in [7, 11) is 0. The molecular formula is C16H17FN2O. The van der Waals surface area contributed by atoms with Gasteiger partial charge in [-0.2, -0.15) is 0 Å². The second-order valence-corrected chi connectivity index (χ2v) is 4.98. The average molecular weight is 272 g/mol. The number of para-hydroxylation sites is 1. The topological polar surface area (TPSA) is 47.3 Å². The Hall–Kier alpha value is -1.91. The van der Waals surface area contributed by atoms with Crippen molar-refractivity contribution in [3.05, 3.63) is 65.5 Å². The smallest absolute Gasteiger partial charge is 0.123 e. The molecule has 0 bridgehead atoms. The summed E-state index contributed by atoms with van der Waals surface area (Å²) >= 11 is 0. The van der Waals surface area contributed by atoms with Crippen LogP contribution in [0.1, 0.15) is 29.5 Å². The predicted molar refractivity (Wildman–Crippen MR) is 75.8 cm³/mol. The Morgan fingerprint density at radius 2 is 2.05 bits per heavy atom. The van der Waals surface area contributed by atoms with Crippen LogP contribution in [0, 0.1) is 5.82 Å². The number of rotatable bonds is 3. The molecule has 1 aliphatic rings. The number of ether oxygens (including phenoxy) is 1. The van der Waals surface area contributed by atoms with E-state index in [-0.39, 0.29) is 17.8 Å². The molecule has 0 fully saturated rings. The summed E-state index contributed by atoms with van der Waals surface area (Å²) in [6.07, 6.45) is 0.850. The van der Waals surface area contributed by atoms with E-state index >= 15 is 0 Å². The molecule has 20 heavy (non-hydrogen) atoms. The lowest BCUT2D eigenvalue weighted by Crippen LogP contribution is -2.34. The Balaban J connectivity index is 1.99. The van der Waals surface area contributed by atoms with Gasteiger partial charge < -0.3 is 4.74 Å². The highest BCUT2D eigenvalue weighted by molar-refractivity contribution is 5.40. The van der Waals surface area contributed by atoms with Gasteiger partial charge in [0.05, 0.1) is 12.6 Å². The van der Waals surface area contributed by atoms with Gasteiger partial charge >= 0.3 is 0 Å². The first-order chi connectivity index (χ1) is 9.79. The van der Waals surface area contributed by atoms with Crippen molar-refractivity contribution in [3.63, 3.8) is 0 Å². The van der Waals surface area contributed by atoms with Crippen LogP contribution in [0.4, 0.5) is 4.39 Å². The quantitative estimate of drug-likeness (QED) is 0.667. The van der Waals surface area contributed by atoms with Gasteiger partial charge in [-0.1, -0.05) is 30.3 Å². The second kappa shape index (κ2) is 5.61. The van der Waals surface area contributed by atoms with Gasteiger partial charge in [0.1, 0.15) is 11.6 Å². The van der Waals surface area contributed by atoms with Crippen molar-refractivity contribution in [2.45, 2.75) is 18.4 Å². The van der Waals surface area contributed by atoms with Crippen LogP contribution in [-0.4, -0.2) is 6.61 Å². The second-order valence-electron chi connectivity index (χ2n) is 4.98. The molecule has 2 aromatic rings. The molecule has 4 heteroatoms. The number of nitrogens with two attached hydrogens (primary N) is 1. The van der Waals surface area contributed by atoms with E-state index in [1.54, 1.807) is 6.07 Å². The van der Waals surface area contributed by atoms with Gasteiger partial charge in [-0.15, -0.1) is 0 Å². The average Bonchev–Trinajstić information content (AvgIpc) is 2.48. The SMILES string of the molecule is NNC(c1cccc(F)c1)C1CCOc2ccccc21. The van der Waals surface area contributed by atoms with Gasteiger partial charge in [0.15, 0.2) is 0 Å². The molecule has 1 heterocycles. The number of benzene rings is 2. The van der Waals surface area contributed by atoms with Crippen LogP contribution >= 0.6 is 0 Å². The Morgan fingerprint density at radius 3 is 2.85 bits per heavy atom. The van der Waals surface area contributed by atoms with Gasteiger partial charge in [-0.25, -0.2) is 4.39 Å². The molecule has 2 unspecified atom stereocenters. The van der Waals surface area contributed by atoms with E-state index in [1.807, 2.05) is 30.3 Å². The normalized spacial score (nSPS) is 19.0. The van der Waals surface area contributed by atoms with Crippen LogP contribution in [0.5, 0.6) is 5.75 Å². The maximum atomic E-state index is 13.4. The fraction of sp³-hybridized carbons (Fsp3) is 0.250. The summed E-state index contributed by atoms with van der Waals surface area (Å²) in [6.45, 7) is 0.648. The summed E-state index contributed by atoms with van der Waals surface area (Å²) in [6, 6.07) is 14.4. The predicted octanol–water partition coefficient (Wildman–Crippen LogP) is 2.90. The zero-order valence-electron chi connectivity index (χ0n) is 11.1. The van der Waals surface area contributed by atoms with Gasteiger partial charge in [-0.3, -0.25) is 11.3 Å². The van der Waals surface area contributed by atoms with Crippen molar-refractivity contribution in [1.29, 1.82) is 0 Å². The maximum absolute atomic E-state index is 13.4. The Labute approximate surface area is 117 Å². The number of hydrogen-bond donors (Lipinski definition) is 2. The number of hydrogen-bond acceptors (Lipinski definition) is 3. The van der Waals surface area contributed by atoms with Crippen LogP contribution in [0.25, 0.3) is 0 Å². The molecule has 3 rings (SSSR count). The molecule has 0 saturated heterocycles. The minimum atomic E-state index is -0.247. The maximum Gasteiger partial charge on any atom is 0.123 e. The number of hydrazine groups is 1. The molecule has 0 saturated carbocycles. The van der Waals surface area contributed by atoms with Crippen molar-refractivity contribution >= 4 is 0 Å². The number of halogens is 1. The zero-order valence-corrected chi connectivity index (χ0v) is 11.1. The van der Waals surface area contributed by atoms with Crippen molar-refractivity contribution in [2.24, 2.45) is 5.84 Å². The van der Waals surface area contributed by atoms with Crippen molar-refractivity contribution in [2.75, 3.05) is 6.61 Å². The molecule has 104 valence electrons. The van der Waals surface area contributed by atoms with Crippen LogP contribution in [0.2, 0.25) is 0 Å². The minimum absolute atomic E-state index is 0.129. The van der Waals surface area contributed by atoms with Gasteiger partial charge in [0.2, 0.25) is 0 Å². The minimum Gasteiger partial charge on any atom is -0.493 e. The van der Waals surface area contributed by atoms with Crippen molar-refractivity contribution in [3.8, 4) is 5.75 Å². The molecule has 3 nitrogen and oxygen atoms in total. The summed E-state index contributed by atoms with van der Waals surface area (Å²) in [4.78, 5) is 0. The molecule has 2 aromatic carbocycles. The van der Waals surface area contributed by atoms with Crippen LogP contribution in [0.15, 0.2) is 48.5 Å². The highest BCUT2D eigenvalue weighted by atomic mass is 19.1. The van der Waals surface area contributed by atoms with Gasteiger partial charge in [0, 0.05) is 5.92 Å². The standard InChI is InChI=1S/C16H17FN2O/c17-12-5-3-4-11(10-12)16(19-18)14-8-9-20-15-7-2-1-6-13(14)15/h1-7,10,14,16,19H,8-9,18H2. The van der Waals surface area contributed by atoms with E-state index in [1.165, 1.54) is 12.1 Å². The highest BCUT2D eigenvalue weighted by Crippen LogP contribution is 2.40. The summed E-state index contributed by atoms with van der Waals surface area (Å²) < 4.78 is 19.1. The molecule has 0 aromatic heterocycles. The van der Waals surface area contributed by atoms with Crippen LogP contribution in [0.3, 0.4) is 0 Å². The Kier molecular flexibility index (Phi) is 3.67. The molecule has 2 atom stereocenters. The molecule has 1 aliphatic heterocycles. The van der Waals surface area contributed by atoms with E-state index in [0.717, 1.165) is 23.3 Å². The van der Waals surface area contributed by atoms with E-state index in [0.29, 0.717) is 6.61 Å². The molecule has 3 N–H and O–H groups in total. The van der Waals surface area contributed by atoms with Crippen LogP contribution in [-0.2, 0) is 0 Å². The molecule has 0 aliphatic carbocycles. The molecule has 0 radical (unpaired) electrons. The van der Waals surface area contributed by atoms with Gasteiger partial charge in [-0.05, 0) is 35.7 Å². The Morgan fingerprint density at radius 1 is 1.20 bits per heavy atom. The van der Waals surface area contributed by atoms with E-state index in [4.69, 9.17) is 10.6 Å². The largest absolute Gasteiger partial charge is 0.493 e. The summed E-state index contributed by atoms with van der Waals surface area (Å²) in [5, 5.41) is 0. The lowest BCUT2D eigenvalue weighted by molar-refractivity contribution is 0.246. The highest BCUT2D eigenvalue weighted by Gasteiger charge is 2.29. The van der Waals surface area contributed by atoms with E-state index in [2.05, 4.69) is 5.43 Å². The van der Waals surface area contributed by atoms with Crippen molar-refractivity contribution < 1.29 is 9.13 Å². The van der Waals surface area contributed by atoms with E-state index < -0.39 is 0 Å². The third kappa shape index (κ3) is 2.40. The van der Waals surface area contributed by atoms with Gasteiger partial charge in [0.25, 0.3) is 0 Å². The monoisotopic (exact) mass is 272 g/mol. The fourth-order valence-corrected chi connectivity index (χ4v) is 2.86. The number of fused-ring (bicyclic) bond motifs is 1. The fourth-order valence-electron chi connectivity index (χ4n) is 2.86. The molecular weight excluding hydrogens is 255 g/mol. The lowest BCUT2D eigenvalue weighted by atomic mass is 9.83. The first-order valence-electron chi connectivity index (χ1n) is 6.73. The zero-order chi connectivity index (χ0) is 13.9. The molecule has 0 spiro atoms. The van der Waals surface area contributed by atoms with E-state index in [9.17, 15) is 4.39 Å². The third-order valence-corrected chi connectivity index (χ3v) is 3.79. The lowest BCUT2D eigenvalue weighted by Gasteiger charge is -2.32. The number of nitrogens with one attached hydrogen (secondary N) is 1. The Bertz CT molecular complexity index is 603. The first-order valence-corrected chi connectivity index (χ1v) is 6.73. The summed E-state index contributed by atoms with van der Waals surface area (Å²) in [5.41, 5.74) is 4.81. The van der Waals surface area contributed by atoms with Crippen LogP contribution < -0.4 is 16.0 Å². The summed E-state index contributed by atoms with van der Waals surface area (Å²) in [5.74, 6) is 6.54. The first kappa shape index (κ1) is 13.1. The molecule has 0 amide bonds. The third-order valence-electron chi connectivity index (χ3n) is 3.79.